The number of nitrogens with zero attached hydrogens (tertiary/aromatic N) is 2. The van der Waals surface area contributed by atoms with E-state index >= 15 is 0 Å². The number of rotatable bonds is 2. The van der Waals surface area contributed by atoms with Crippen molar-refractivity contribution in [2.45, 2.75) is 6.92 Å². The molecule has 0 aromatic carbocycles. The number of aryl methyl sites for hydroxylation is 1. The molecule has 0 radical (unpaired) electrons. The van der Waals surface area contributed by atoms with Crippen LogP contribution in [-0.4, -0.2) is 9.78 Å². The standard InChI is InChI=1S/C12H14N2/c1-4-5-6-11(2)7-8-12-9-13-14(3)10-12/h4-6,9-11H,1H2,2-3H3/b6-5-. The third kappa shape index (κ3) is 3.32. The summed E-state index contributed by atoms with van der Waals surface area (Å²) in [6.07, 6.45) is 9.33. The van der Waals surface area contributed by atoms with Crippen LogP contribution in [-0.2, 0) is 7.05 Å². The number of allylic oxidation sites excluding steroid dienone is 3. The molecule has 1 aromatic heterocycles. The minimum atomic E-state index is 0.244. The first-order valence-corrected chi connectivity index (χ1v) is 4.52. The van der Waals surface area contributed by atoms with Gasteiger partial charge in [0, 0.05) is 19.2 Å². The smallest absolute Gasteiger partial charge is 0.0646 e. The Balaban J connectivity index is 2.63. The van der Waals surface area contributed by atoms with Gasteiger partial charge in [0.25, 0.3) is 0 Å². The summed E-state index contributed by atoms with van der Waals surface area (Å²) in [6, 6.07) is 0. The molecule has 14 heavy (non-hydrogen) atoms. The highest BCUT2D eigenvalue weighted by molar-refractivity contribution is 5.31. The van der Waals surface area contributed by atoms with Crippen LogP contribution in [0.15, 0.2) is 37.2 Å². The van der Waals surface area contributed by atoms with Gasteiger partial charge in [-0.15, -0.1) is 0 Å². The molecule has 0 saturated heterocycles. The van der Waals surface area contributed by atoms with E-state index in [1.54, 1.807) is 17.0 Å². The van der Waals surface area contributed by atoms with Gasteiger partial charge in [-0.2, -0.15) is 5.10 Å². The molecule has 1 unspecified atom stereocenters. The fraction of sp³-hybridized carbons (Fsp3) is 0.250. The predicted octanol–water partition coefficient (Wildman–Crippen LogP) is 2.15. The lowest BCUT2D eigenvalue weighted by molar-refractivity contribution is 0.767. The Kier molecular flexibility index (Phi) is 3.75. The predicted molar refractivity (Wildman–Crippen MR) is 58.6 cm³/mol. The highest BCUT2D eigenvalue weighted by Crippen LogP contribution is 1.97. The Morgan fingerprint density at radius 2 is 2.43 bits per heavy atom. The van der Waals surface area contributed by atoms with E-state index in [1.807, 2.05) is 32.3 Å². The van der Waals surface area contributed by atoms with Crippen LogP contribution in [0.2, 0.25) is 0 Å². The van der Waals surface area contributed by atoms with Gasteiger partial charge >= 0.3 is 0 Å². The van der Waals surface area contributed by atoms with Crippen molar-refractivity contribution in [2.24, 2.45) is 13.0 Å². The maximum atomic E-state index is 4.04. The topological polar surface area (TPSA) is 17.8 Å². The SMILES string of the molecule is C=C/C=C\C(C)C#Cc1cnn(C)c1. The third-order valence-corrected chi connectivity index (χ3v) is 1.68. The van der Waals surface area contributed by atoms with E-state index in [-0.39, 0.29) is 5.92 Å². The minimum Gasteiger partial charge on any atom is -0.275 e. The van der Waals surface area contributed by atoms with E-state index in [9.17, 15) is 0 Å². The van der Waals surface area contributed by atoms with Crippen LogP contribution in [0.3, 0.4) is 0 Å². The lowest BCUT2D eigenvalue weighted by Gasteiger charge is -1.90. The normalized spacial score (nSPS) is 12.1. The second-order valence-electron chi connectivity index (χ2n) is 3.08. The van der Waals surface area contributed by atoms with Crippen LogP contribution in [0.1, 0.15) is 12.5 Å². The van der Waals surface area contributed by atoms with E-state index in [4.69, 9.17) is 0 Å². The average molecular weight is 186 g/mol. The van der Waals surface area contributed by atoms with Crippen molar-refractivity contribution in [3.05, 3.63) is 42.8 Å². The molecule has 0 spiro atoms. The van der Waals surface area contributed by atoms with Gasteiger partial charge in [-0.25, -0.2) is 0 Å². The quantitative estimate of drug-likeness (QED) is 0.511. The van der Waals surface area contributed by atoms with Gasteiger partial charge in [0.1, 0.15) is 0 Å². The van der Waals surface area contributed by atoms with Gasteiger partial charge in [-0.1, -0.05) is 36.6 Å². The zero-order valence-corrected chi connectivity index (χ0v) is 8.57. The van der Waals surface area contributed by atoms with E-state index in [2.05, 4.69) is 23.5 Å². The molecule has 1 aromatic rings. The molecule has 0 aliphatic rings. The summed E-state index contributed by atoms with van der Waals surface area (Å²) in [5.41, 5.74) is 0.950. The highest BCUT2D eigenvalue weighted by Gasteiger charge is 1.90. The van der Waals surface area contributed by atoms with Gasteiger partial charge in [0.2, 0.25) is 0 Å². The first-order valence-electron chi connectivity index (χ1n) is 4.52. The lowest BCUT2D eigenvalue weighted by atomic mass is 10.1. The fourth-order valence-electron chi connectivity index (χ4n) is 0.976. The van der Waals surface area contributed by atoms with E-state index in [0.29, 0.717) is 0 Å². The molecule has 2 nitrogen and oxygen atoms in total. The molecule has 0 amide bonds. The first kappa shape index (κ1) is 10.3. The molecule has 0 fully saturated rings. The highest BCUT2D eigenvalue weighted by atomic mass is 15.2. The molecule has 1 rings (SSSR count). The van der Waals surface area contributed by atoms with Crippen LogP contribution in [0, 0.1) is 17.8 Å². The maximum absolute atomic E-state index is 4.04. The van der Waals surface area contributed by atoms with Crippen molar-refractivity contribution >= 4 is 0 Å². The zero-order chi connectivity index (χ0) is 10.4. The molecule has 1 atom stereocenters. The Labute approximate surface area is 84.9 Å². The minimum absolute atomic E-state index is 0.244. The largest absolute Gasteiger partial charge is 0.275 e. The van der Waals surface area contributed by atoms with Crippen LogP contribution >= 0.6 is 0 Å². The van der Waals surface area contributed by atoms with Crippen molar-refractivity contribution in [2.75, 3.05) is 0 Å². The zero-order valence-electron chi connectivity index (χ0n) is 8.57. The van der Waals surface area contributed by atoms with Crippen LogP contribution in [0.5, 0.6) is 0 Å². The molecule has 1 heterocycles. The Hall–Kier alpha value is -1.75. The third-order valence-electron chi connectivity index (χ3n) is 1.68. The summed E-state index contributed by atoms with van der Waals surface area (Å²) < 4.78 is 1.74. The molecule has 0 aliphatic carbocycles. The maximum Gasteiger partial charge on any atom is 0.0646 e. The van der Waals surface area contributed by atoms with Gasteiger partial charge in [0.15, 0.2) is 0 Å². The number of hydrogen-bond donors (Lipinski definition) is 0. The van der Waals surface area contributed by atoms with Crippen molar-refractivity contribution in [3.8, 4) is 11.8 Å². The Morgan fingerprint density at radius 3 is 3.00 bits per heavy atom. The molecule has 0 saturated carbocycles. The van der Waals surface area contributed by atoms with Crippen LogP contribution in [0.25, 0.3) is 0 Å². The van der Waals surface area contributed by atoms with Gasteiger partial charge in [-0.05, 0) is 6.92 Å². The van der Waals surface area contributed by atoms with E-state index in [0.717, 1.165) is 5.56 Å². The second kappa shape index (κ2) is 5.08. The second-order valence-corrected chi connectivity index (χ2v) is 3.08. The van der Waals surface area contributed by atoms with Crippen molar-refractivity contribution in [3.63, 3.8) is 0 Å². The summed E-state index contributed by atoms with van der Waals surface area (Å²) in [6.45, 7) is 5.65. The monoisotopic (exact) mass is 186 g/mol. The molecule has 0 bridgehead atoms. The number of hydrogen-bond acceptors (Lipinski definition) is 1. The molecular formula is C12H14N2. The summed E-state index contributed by atoms with van der Waals surface area (Å²) >= 11 is 0. The molecule has 2 heteroatoms. The summed E-state index contributed by atoms with van der Waals surface area (Å²) in [5, 5.41) is 4.04. The Morgan fingerprint density at radius 1 is 1.64 bits per heavy atom. The molecule has 0 N–H and O–H groups in total. The molecule has 0 aliphatic heterocycles. The van der Waals surface area contributed by atoms with Gasteiger partial charge < -0.3 is 0 Å². The summed E-state index contributed by atoms with van der Waals surface area (Å²) in [4.78, 5) is 0. The van der Waals surface area contributed by atoms with Gasteiger partial charge in [0.05, 0.1) is 11.8 Å². The summed E-state index contributed by atoms with van der Waals surface area (Å²) in [7, 11) is 1.88. The van der Waals surface area contributed by atoms with Crippen molar-refractivity contribution in [1.82, 2.24) is 9.78 Å². The van der Waals surface area contributed by atoms with Gasteiger partial charge in [-0.3, -0.25) is 4.68 Å². The molecular weight excluding hydrogens is 172 g/mol. The summed E-state index contributed by atoms with van der Waals surface area (Å²) in [5.74, 6) is 6.41. The first-order chi connectivity index (χ1) is 6.72. The average Bonchev–Trinajstić information content (AvgIpc) is 2.58. The van der Waals surface area contributed by atoms with Crippen LogP contribution in [0.4, 0.5) is 0 Å². The van der Waals surface area contributed by atoms with E-state index < -0.39 is 0 Å². The lowest BCUT2D eigenvalue weighted by Crippen LogP contribution is -1.84. The fourth-order valence-corrected chi connectivity index (χ4v) is 0.976. The van der Waals surface area contributed by atoms with E-state index in [1.165, 1.54) is 0 Å². The van der Waals surface area contributed by atoms with Crippen molar-refractivity contribution < 1.29 is 0 Å². The van der Waals surface area contributed by atoms with Crippen molar-refractivity contribution in [1.29, 1.82) is 0 Å². The molecule has 72 valence electrons. The Bertz CT molecular complexity index is 388. The van der Waals surface area contributed by atoms with Crippen LogP contribution < -0.4 is 0 Å². The number of aromatic nitrogens is 2.